The maximum Gasteiger partial charge on any atom is 0.421 e. The predicted molar refractivity (Wildman–Crippen MR) is 119 cm³/mol. The molecule has 156 valence electrons. The van der Waals surface area contributed by atoms with Gasteiger partial charge in [0.05, 0.1) is 11.1 Å². The van der Waals surface area contributed by atoms with Crippen LogP contribution in [0, 0.1) is 17.8 Å². The molecule has 1 aliphatic heterocycles. The molecule has 0 unspecified atom stereocenters. The van der Waals surface area contributed by atoms with Gasteiger partial charge in [-0.05, 0) is 51.3 Å². The molecule has 0 N–H and O–H groups in total. The average molecular weight is 404 g/mol. The molecule has 0 spiro atoms. The van der Waals surface area contributed by atoms with Crippen molar-refractivity contribution < 1.29 is 14.3 Å². The Morgan fingerprint density at radius 1 is 1.10 bits per heavy atom. The van der Waals surface area contributed by atoms with Crippen LogP contribution < -0.4 is 4.90 Å². The number of carbonyl (C=O) groups excluding carboxylic acids is 2. The number of nitrogens with zero attached hydrogens (tertiary/aromatic N) is 1. The third-order valence-electron chi connectivity index (χ3n) is 5.49. The van der Waals surface area contributed by atoms with E-state index in [2.05, 4.69) is 24.0 Å². The van der Waals surface area contributed by atoms with Gasteiger partial charge in [0.15, 0.2) is 0 Å². The van der Waals surface area contributed by atoms with Crippen molar-refractivity contribution in [2.75, 3.05) is 4.90 Å². The van der Waals surface area contributed by atoms with Crippen molar-refractivity contribution in [1.29, 1.82) is 0 Å². The second kappa shape index (κ2) is 8.36. The number of hydrogen-bond acceptors (Lipinski definition) is 3. The molecule has 0 radical (unpaired) electrons. The number of carbonyl (C=O) groups is 2. The van der Waals surface area contributed by atoms with E-state index in [9.17, 15) is 9.59 Å². The molecule has 0 aromatic heterocycles. The molecule has 1 heterocycles. The van der Waals surface area contributed by atoms with Crippen molar-refractivity contribution in [2.45, 2.75) is 58.5 Å². The molecule has 0 saturated carbocycles. The van der Waals surface area contributed by atoms with Crippen molar-refractivity contribution in [1.82, 2.24) is 0 Å². The van der Waals surface area contributed by atoms with Crippen molar-refractivity contribution in [3.8, 4) is 11.8 Å². The van der Waals surface area contributed by atoms with Crippen LogP contribution in [0.15, 0.2) is 54.6 Å². The highest BCUT2D eigenvalue weighted by molar-refractivity contribution is 6.21. The van der Waals surface area contributed by atoms with Crippen molar-refractivity contribution in [3.63, 3.8) is 0 Å². The Kier molecular flexibility index (Phi) is 6.03. The largest absolute Gasteiger partial charge is 0.443 e. The van der Waals surface area contributed by atoms with Crippen LogP contribution in [0.2, 0.25) is 0 Å². The lowest BCUT2D eigenvalue weighted by Gasteiger charge is -2.28. The van der Waals surface area contributed by atoms with Gasteiger partial charge >= 0.3 is 6.09 Å². The maximum atomic E-state index is 13.5. The summed E-state index contributed by atoms with van der Waals surface area (Å²) in [6.07, 6.45) is 0.940. The van der Waals surface area contributed by atoms with Crippen LogP contribution in [0.3, 0.4) is 0 Å². The number of rotatable bonds is 3. The summed E-state index contributed by atoms with van der Waals surface area (Å²) in [4.78, 5) is 27.4. The summed E-state index contributed by atoms with van der Waals surface area (Å²) in [5.41, 5.74) is 1.04. The van der Waals surface area contributed by atoms with Crippen molar-refractivity contribution >= 4 is 17.7 Å². The monoisotopic (exact) mass is 403 g/mol. The van der Waals surface area contributed by atoms with E-state index in [0.29, 0.717) is 5.69 Å². The normalized spacial score (nSPS) is 19.0. The first-order valence-electron chi connectivity index (χ1n) is 10.3. The zero-order valence-electron chi connectivity index (χ0n) is 18.4. The molecule has 4 heteroatoms. The van der Waals surface area contributed by atoms with Gasteiger partial charge in [-0.1, -0.05) is 61.4 Å². The van der Waals surface area contributed by atoms with Crippen molar-refractivity contribution in [3.05, 3.63) is 65.7 Å². The summed E-state index contributed by atoms with van der Waals surface area (Å²) in [5, 5.41) is 0. The molecule has 0 saturated heterocycles. The molecule has 2 atom stereocenters. The molecular weight excluding hydrogens is 374 g/mol. The quantitative estimate of drug-likeness (QED) is 0.636. The zero-order chi connectivity index (χ0) is 21.9. The highest BCUT2D eigenvalue weighted by Gasteiger charge is 2.53. The predicted octanol–water partition coefficient (Wildman–Crippen LogP) is 5.50. The van der Waals surface area contributed by atoms with E-state index < -0.39 is 17.1 Å². The number of amides is 2. The molecule has 2 aromatic rings. The fourth-order valence-corrected chi connectivity index (χ4v) is 3.69. The number of fused-ring (bicyclic) bond motifs is 1. The van der Waals surface area contributed by atoms with Gasteiger partial charge in [-0.2, -0.15) is 0 Å². The Balaban J connectivity index is 1.84. The lowest BCUT2D eigenvalue weighted by molar-refractivity contribution is -0.123. The van der Waals surface area contributed by atoms with Crippen molar-refractivity contribution in [2.24, 2.45) is 5.92 Å². The van der Waals surface area contributed by atoms with Gasteiger partial charge in [-0.25, -0.2) is 9.69 Å². The highest BCUT2D eigenvalue weighted by Crippen LogP contribution is 2.46. The molecule has 0 bridgehead atoms. The summed E-state index contributed by atoms with van der Waals surface area (Å²) in [6.45, 7) is 9.18. The minimum Gasteiger partial charge on any atom is -0.443 e. The van der Waals surface area contributed by atoms with E-state index in [4.69, 9.17) is 4.74 Å². The lowest BCUT2D eigenvalue weighted by atomic mass is 9.73. The van der Waals surface area contributed by atoms with Crippen LogP contribution in [0.5, 0.6) is 0 Å². The standard InChI is InChI=1S/C26H29NO3/c1-19(13-9-10-16-20-14-7-6-8-15-20)26(5)21-17-11-12-18-22(21)27(23(26)28)24(29)30-25(2,3)4/h6-8,11-12,14-15,17-19H,10,16H2,1-5H3/t19-,26+/m0/s1. The number of anilines is 1. The minimum absolute atomic E-state index is 0.255. The van der Waals surface area contributed by atoms with E-state index in [1.165, 1.54) is 10.5 Å². The first kappa shape index (κ1) is 21.6. The van der Waals surface area contributed by atoms with Gasteiger partial charge in [0.2, 0.25) is 5.91 Å². The zero-order valence-corrected chi connectivity index (χ0v) is 18.4. The van der Waals surface area contributed by atoms with Crippen LogP contribution in [0.1, 0.15) is 52.2 Å². The van der Waals surface area contributed by atoms with Gasteiger partial charge < -0.3 is 4.74 Å². The Hall–Kier alpha value is -3.06. The Morgan fingerprint density at radius 2 is 1.73 bits per heavy atom. The molecular formula is C26H29NO3. The van der Waals surface area contributed by atoms with E-state index in [1.807, 2.05) is 50.2 Å². The Labute approximate surface area is 179 Å². The second-order valence-corrected chi connectivity index (χ2v) is 8.87. The SMILES string of the molecule is C[C@@H](C#CCCc1ccccc1)[C@@]1(C)C(=O)N(C(=O)OC(C)(C)C)c2ccccc21. The van der Waals surface area contributed by atoms with Gasteiger partial charge in [-0.3, -0.25) is 4.79 Å². The fraction of sp³-hybridized carbons (Fsp3) is 0.385. The van der Waals surface area contributed by atoms with E-state index in [-0.39, 0.29) is 11.8 Å². The van der Waals surface area contributed by atoms with Gasteiger partial charge in [0.1, 0.15) is 5.60 Å². The van der Waals surface area contributed by atoms with E-state index in [0.717, 1.165) is 18.4 Å². The van der Waals surface area contributed by atoms with Crippen LogP contribution in [-0.4, -0.2) is 17.6 Å². The Morgan fingerprint density at radius 3 is 2.40 bits per heavy atom. The molecule has 30 heavy (non-hydrogen) atoms. The third kappa shape index (κ3) is 4.26. The molecule has 4 nitrogen and oxygen atoms in total. The number of para-hydroxylation sites is 1. The highest BCUT2D eigenvalue weighted by atomic mass is 16.6. The van der Waals surface area contributed by atoms with Crippen LogP contribution in [0.25, 0.3) is 0 Å². The number of aryl methyl sites for hydroxylation is 1. The lowest BCUT2D eigenvalue weighted by Crippen LogP contribution is -2.46. The first-order chi connectivity index (χ1) is 14.1. The van der Waals surface area contributed by atoms with Gasteiger partial charge in [0.25, 0.3) is 0 Å². The molecule has 0 aliphatic carbocycles. The fourth-order valence-electron chi connectivity index (χ4n) is 3.69. The minimum atomic E-state index is -0.909. The number of hydrogen-bond donors (Lipinski definition) is 0. The second-order valence-electron chi connectivity index (χ2n) is 8.87. The summed E-state index contributed by atoms with van der Waals surface area (Å²) in [7, 11) is 0. The van der Waals surface area contributed by atoms with Gasteiger partial charge in [0, 0.05) is 12.3 Å². The average Bonchev–Trinajstić information content (AvgIpc) is 2.93. The molecule has 2 amide bonds. The first-order valence-corrected chi connectivity index (χ1v) is 10.3. The van der Waals surface area contributed by atoms with E-state index >= 15 is 0 Å². The molecule has 1 aliphatic rings. The Bertz CT molecular complexity index is 994. The number of imide groups is 1. The van der Waals surface area contributed by atoms with E-state index in [1.54, 1.807) is 26.8 Å². The van der Waals surface area contributed by atoms with Crippen LogP contribution in [-0.2, 0) is 21.4 Å². The van der Waals surface area contributed by atoms with Crippen LogP contribution >= 0.6 is 0 Å². The summed E-state index contributed by atoms with van der Waals surface area (Å²) in [5.74, 6) is 5.95. The van der Waals surface area contributed by atoms with Crippen LogP contribution in [0.4, 0.5) is 10.5 Å². The molecule has 2 aromatic carbocycles. The molecule has 0 fully saturated rings. The summed E-state index contributed by atoms with van der Waals surface area (Å²) < 4.78 is 5.50. The topological polar surface area (TPSA) is 46.6 Å². The smallest absolute Gasteiger partial charge is 0.421 e. The number of ether oxygens (including phenoxy) is 1. The maximum absolute atomic E-state index is 13.5. The molecule has 3 rings (SSSR count). The summed E-state index contributed by atoms with van der Waals surface area (Å²) >= 11 is 0. The number of benzene rings is 2. The van der Waals surface area contributed by atoms with Gasteiger partial charge in [-0.15, -0.1) is 5.92 Å². The summed E-state index contributed by atoms with van der Waals surface area (Å²) in [6, 6.07) is 17.6. The third-order valence-corrected chi connectivity index (χ3v) is 5.49.